The van der Waals surface area contributed by atoms with Crippen LogP contribution in [0.4, 0.5) is 0 Å². The van der Waals surface area contributed by atoms with Gasteiger partial charge < -0.3 is 14.2 Å². The van der Waals surface area contributed by atoms with E-state index >= 15 is 0 Å². The lowest BCUT2D eigenvalue weighted by atomic mass is 10.2. The van der Waals surface area contributed by atoms with E-state index in [0.29, 0.717) is 12.4 Å². The van der Waals surface area contributed by atoms with Gasteiger partial charge in [0.05, 0.1) is 20.8 Å². The number of methoxy groups -OCH3 is 2. The first-order valence-corrected chi connectivity index (χ1v) is 6.65. The molecule has 0 aliphatic rings. The fraction of sp³-hybridized carbons (Fsp3) is 0.385. The minimum absolute atomic E-state index is 0.0191. The minimum atomic E-state index is -0.698. The molecule has 0 aliphatic heterocycles. The molecule has 0 saturated carbocycles. The fourth-order valence-corrected chi connectivity index (χ4v) is 1.62. The number of esters is 2. The molecule has 0 amide bonds. The highest BCUT2D eigenvalue weighted by Gasteiger charge is 2.16. The van der Waals surface area contributed by atoms with Crippen LogP contribution in [0.5, 0.6) is 5.75 Å². The Kier molecular flexibility index (Phi) is 5.18. The van der Waals surface area contributed by atoms with Gasteiger partial charge in [-0.1, -0.05) is 0 Å². The van der Waals surface area contributed by atoms with Gasteiger partial charge in [-0.05, 0) is 12.1 Å². The maximum Gasteiger partial charge on any atom is 0.356 e. The summed E-state index contributed by atoms with van der Waals surface area (Å²) in [4.78, 5) is 28.5. The Bertz CT molecular complexity index is 680. The molecule has 0 saturated heterocycles. The summed E-state index contributed by atoms with van der Waals surface area (Å²) in [5, 5.41) is 11.7. The molecular weight excluding hydrogens is 306 g/mol. The van der Waals surface area contributed by atoms with Crippen molar-refractivity contribution < 1.29 is 23.8 Å². The van der Waals surface area contributed by atoms with Gasteiger partial charge in [0.1, 0.15) is 5.75 Å². The molecule has 2 aromatic heterocycles. The van der Waals surface area contributed by atoms with Crippen LogP contribution in [0.3, 0.4) is 0 Å². The number of aromatic nitrogens is 5. The third-order valence-corrected chi connectivity index (χ3v) is 2.73. The van der Waals surface area contributed by atoms with Crippen LogP contribution in [0.15, 0.2) is 12.1 Å². The molecule has 0 aromatic carbocycles. The quantitative estimate of drug-likeness (QED) is 0.689. The van der Waals surface area contributed by atoms with Crippen LogP contribution >= 0.6 is 0 Å². The van der Waals surface area contributed by atoms with E-state index in [2.05, 4.69) is 29.9 Å². The first-order valence-electron chi connectivity index (χ1n) is 6.65. The molecule has 122 valence electrons. The molecule has 23 heavy (non-hydrogen) atoms. The summed E-state index contributed by atoms with van der Waals surface area (Å²) in [5.41, 5.74) is -0.147. The largest absolute Gasteiger partial charge is 0.485 e. The third kappa shape index (κ3) is 3.99. The minimum Gasteiger partial charge on any atom is -0.485 e. The highest BCUT2D eigenvalue weighted by Crippen LogP contribution is 2.17. The van der Waals surface area contributed by atoms with Crippen molar-refractivity contribution >= 4 is 11.9 Å². The highest BCUT2D eigenvalue weighted by atomic mass is 16.5. The first-order chi connectivity index (χ1) is 11.1. The van der Waals surface area contributed by atoms with Crippen LogP contribution in [0, 0.1) is 0 Å². The lowest BCUT2D eigenvalue weighted by molar-refractivity contribution is 0.0584. The van der Waals surface area contributed by atoms with Gasteiger partial charge in [-0.2, -0.15) is 4.80 Å². The van der Waals surface area contributed by atoms with Crippen LogP contribution in [0.1, 0.15) is 33.7 Å². The van der Waals surface area contributed by atoms with E-state index in [1.54, 1.807) is 0 Å². The monoisotopic (exact) mass is 321 g/mol. The standard InChI is InChI=1S/C13H15N5O5/c1-4-18-16-11(15-17-18)7-23-8-5-9(12(19)21-2)14-10(6-8)13(20)22-3/h5-6H,4,7H2,1-3H3. The molecule has 2 heterocycles. The summed E-state index contributed by atoms with van der Waals surface area (Å²) < 4.78 is 14.7. The fourth-order valence-electron chi connectivity index (χ4n) is 1.62. The summed E-state index contributed by atoms with van der Waals surface area (Å²) in [6.07, 6.45) is 0. The van der Waals surface area contributed by atoms with E-state index in [-0.39, 0.29) is 23.7 Å². The zero-order chi connectivity index (χ0) is 16.8. The Morgan fingerprint density at radius 1 is 1.13 bits per heavy atom. The Morgan fingerprint density at radius 3 is 2.22 bits per heavy atom. The van der Waals surface area contributed by atoms with Gasteiger partial charge in [-0.25, -0.2) is 14.6 Å². The summed E-state index contributed by atoms with van der Waals surface area (Å²) in [7, 11) is 2.42. The normalized spacial score (nSPS) is 10.2. The van der Waals surface area contributed by atoms with Gasteiger partial charge in [-0.15, -0.1) is 10.2 Å². The Labute approximate surface area is 131 Å². The lowest BCUT2D eigenvalue weighted by Crippen LogP contribution is -2.11. The Hall–Kier alpha value is -3.04. The van der Waals surface area contributed by atoms with Crippen molar-refractivity contribution in [2.75, 3.05) is 14.2 Å². The maximum absolute atomic E-state index is 11.6. The van der Waals surface area contributed by atoms with Gasteiger partial charge in [0.25, 0.3) is 0 Å². The Morgan fingerprint density at radius 2 is 1.74 bits per heavy atom. The van der Waals surface area contributed by atoms with E-state index in [1.165, 1.54) is 31.1 Å². The van der Waals surface area contributed by atoms with Gasteiger partial charge in [0.2, 0.25) is 5.82 Å². The SMILES string of the molecule is CCn1nnc(COc2cc(C(=O)OC)nc(C(=O)OC)c2)n1. The molecule has 0 unspecified atom stereocenters. The average Bonchev–Trinajstić information content (AvgIpc) is 3.06. The van der Waals surface area contributed by atoms with E-state index in [1.807, 2.05) is 6.92 Å². The van der Waals surface area contributed by atoms with Gasteiger partial charge >= 0.3 is 11.9 Å². The third-order valence-electron chi connectivity index (χ3n) is 2.73. The van der Waals surface area contributed by atoms with Crippen LogP contribution < -0.4 is 4.74 Å². The predicted octanol–water partition coefficient (Wildman–Crippen LogP) is 0.240. The maximum atomic E-state index is 11.6. The molecule has 2 aromatic rings. The molecular formula is C13H15N5O5. The number of pyridine rings is 1. The second-order valence-electron chi connectivity index (χ2n) is 4.24. The topological polar surface area (TPSA) is 118 Å². The average molecular weight is 321 g/mol. The number of hydrogen-bond acceptors (Lipinski definition) is 9. The number of carbonyl (C=O) groups is 2. The smallest absolute Gasteiger partial charge is 0.356 e. The van der Waals surface area contributed by atoms with E-state index in [4.69, 9.17) is 4.74 Å². The van der Waals surface area contributed by atoms with Gasteiger partial charge in [-0.3, -0.25) is 0 Å². The van der Waals surface area contributed by atoms with Crippen molar-refractivity contribution in [3.8, 4) is 5.75 Å². The van der Waals surface area contributed by atoms with Gasteiger partial charge in [0, 0.05) is 12.1 Å². The number of nitrogens with zero attached hydrogens (tertiary/aromatic N) is 5. The van der Waals surface area contributed by atoms with Crippen molar-refractivity contribution in [3.05, 3.63) is 29.3 Å². The molecule has 10 heteroatoms. The van der Waals surface area contributed by atoms with Crippen molar-refractivity contribution in [3.63, 3.8) is 0 Å². The summed E-state index contributed by atoms with van der Waals surface area (Å²) in [5.74, 6) is -0.803. The number of tetrazole rings is 1. The molecule has 0 radical (unpaired) electrons. The molecule has 0 N–H and O–H groups in total. The second-order valence-corrected chi connectivity index (χ2v) is 4.24. The van der Waals surface area contributed by atoms with E-state index in [0.717, 1.165) is 0 Å². The van der Waals surface area contributed by atoms with Gasteiger partial charge in [0.15, 0.2) is 18.0 Å². The molecule has 0 atom stereocenters. The van der Waals surface area contributed by atoms with Crippen LogP contribution in [-0.2, 0) is 22.6 Å². The molecule has 0 aliphatic carbocycles. The number of carbonyl (C=O) groups excluding carboxylic acids is 2. The predicted molar refractivity (Wildman–Crippen MR) is 74.7 cm³/mol. The number of ether oxygens (including phenoxy) is 3. The first kappa shape index (κ1) is 16.3. The number of hydrogen-bond donors (Lipinski definition) is 0. The highest BCUT2D eigenvalue weighted by molar-refractivity contribution is 5.92. The van der Waals surface area contributed by atoms with Crippen molar-refractivity contribution in [2.24, 2.45) is 0 Å². The summed E-state index contributed by atoms with van der Waals surface area (Å²) >= 11 is 0. The molecule has 0 spiro atoms. The van der Waals surface area contributed by atoms with Crippen LogP contribution in [0.2, 0.25) is 0 Å². The van der Waals surface area contributed by atoms with Crippen molar-refractivity contribution in [2.45, 2.75) is 20.1 Å². The molecule has 2 rings (SSSR count). The zero-order valence-corrected chi connectivity index (χ0v) is 12.8. The van der Waals surface area contributed by atoms with Crippen LogP contribution in [0.25, 0.3) is 0 Å². The number of aryl methyl sites for hydroxylation is 1. The Balaban J connectivity index is 2.22. The van der Waals surface area contributed by atoms with E-state index < -0.39 is 11.9 Å². The summed E-state index contributed by atoms with van der Waals surface area (Å²) in [6.45, 7) is 2.48. The van der Waals surface area contributed by atoms with Crippen molar-refractivity contribution in [1.82, 2.24) is 25.2 Å². The summed E-state index contributed by atoms with van der Waals surface area (Å²) in [6, 6.07) is 2.70. The van der Waals surface area contributed by atoms with Crippen LogP contribution in [-0.4, -0.2) is 51.3 Å². The number of rotatable bonds is 6. The lowest BCUT2D eigenvalue weighted by Gasteiger charge is -2.07. The van der Waals surface area contributed by atoms with Crippen molar-refractivity contribution in [1.29, 1.82) is 0 Å². The molecule has 10 nitrogen and oxygen atoms in total. The molecule has 0 fully saturated rings. The second kappa shape index (κ2) is 7.29. The zero-order valence-electron chi connectivity index (χ0n) is 12.8. The molecule has 0 bridgehead atoms. The van der Waals surface area contributed by atoms with E-state index in [9.17, 15) is 9.59 Å².